The monoisotopic (exact) mass is 218 g/mol. The van der Waals surface area contributed by atoms with Crippen LogP contribution < -0.4 is 4.74 Å². The smallest absolute Gasteiger partial charge is 0.126 e. The molecule has 1 heteroatoms. The minimum Gasteiger partial charge on any atom is -0.487 e. The van der Waals surface area contributed by atoms with E-state index in [9.17, 15) is 0 Å². The van der Waals surface area contributed by atoms with Crippen LogP contribution >= 0.6 is 0 Å². The Hall–Kier alpha value is -0.980. The molecule has 0 saturated carbocycles. The minimum absolute atomic E-state index is 0.0397. The van der Waals surface area contributed by atoms with Crippen molar-refractivity contribution in [3.63, 3.8) is 0 Å². The van der Waals surface area contributed by atoms with Crippen molar-refractivity contribution in [2.45, 2.75) is 59.5 Å². The highest BCUT2D eigenvalue weighted by molar-refractivity contribution is 5.51. The van der Waals surface area contributed by atoms with Crippen LogP contribution in [0.25, 0.3) is 0 Å². The first-order valence-corrected chi connectivity index (χ1v) is 6.25. The van der Waals surface area contributed by atoms with Gasteiger partial charge in [-0.15, -0.1) is 0 Å². The zero-order chi connectivity index (χ0) is 11.9. The first kappa shape index (κ1) is 11.5. The van der Waals surface area contributed by atoms with E-state index >= 15 is 0 Å². The summed E-state index contributed by atoms with van der Waals surface area (Å²) in [6, 6.07) is 2.28. The van der Waals surface area contributed by atoms with E-state index < -0.39 is 0 Å². The lowest BCUT2D eigenvalue weighted by atomic mass is 9.86. The summed E-state index contributed by atoms with van der Waals surface area (Å²) in [5.41, 5.74) is 5.51. The highest BCUT2D eigenvalue weighted by Gasteiger charge is 2.31. The molecule has 0 amide bonds. The summed E-state index contributed by atoms with van der Waals surface area (Å²) < 4.78 is 6.26. The van der Waals surface area contributed by atoms with Crippen LogP contribution in [-0.2, 0) is 6.42 Å². The van der Waals surface area contributed by atoms with Gasteiger partial charge in [-0.05, 0) is 69.2 Å². The van der Waals surface area contributed by atoms with Crippen LogP contribution in [0.5, 0.6) is 5.75 Å². The number of aryl methyl sites for hydroxylation is 2. The molecule has 0 saturated heterocycles. The van der Waals surface area contributed by atoms with Crippen LogP contribution in [0.2, 0.25) is 0 Å². The summed E-state index contributed by atoms with van der Waals surface area (Å²) in [7, 11) is 0. The molecule has 0 spiro atoms. The molecule has 88 valence electrons. The van der Waals surface area contributed by atoms with Gasteiger partial charge in [0.15, 0.2) is 0 Å². The zero-order valence-corrected chi connectivity index (χ0v) is 11.1. The average Bonchev–Trinajstić information content (AvgIpc) is 2.26. The minimum atomic E-state index is 0.0397. The van der Waals surface area contributed by atoms with Crippen molar-refractivity contribution >= 4 is 0 Å². The molecule has 0 aliphatic carbocycles. The van der Waals surface area contributed by atoms with Gasteiger partial charge in [0.2, 0.25) is 0 Å². The summed E-state index contributed by atoms with van der Waals surface area (Å²) in [4.78, 5) is 0. The van der Waals surface area contributed by atoms with Gasteiger partial charge in [-0.3, -0.25) is 0 Å². The molecular formula is C15H22O. The van der Waals surface area contributed by atoms with Gasteiger partial charge < -0.3 is 4.74 Å². The fourth-order valence-corrected chi connectivity index (χ4v) is 2.49. The van der Waals surface area contributed by atoms with Gasteiger partial charge in [0.05, 0.1) is 0 Å². The Morgan fingerprint density at radius 1 is 1.25 bits per heavy atom. The third-order valence-electron chi connectivity index (χ3n) is 4.12. The number of fused-ring (bicyclic) bond motifs is 1. The molecule has 1 heterocycles. The van der Waals surface area contributed by atoms with Gasteiger partial charge in [-0.2, -0.15) is 0 Å². The maximum absolute atomic E-state index is 6.26. The first-order valence-electron chi connectivity index (χ1n) is 6.25. The molecule has 16 heavy (non-hydrogen) atoms. The lowest BCUT2D eigenvalue weighted by Crippen LogP contribution is -2.36. The largest absolute Gasteiger partial charge is 0.487 e. The van der Waals surface area contributed by atoms with Crippen LogP contribution in [0.15, 0.2) is 6.07 Å². The molecule has 1 nitrogen and oxygen atoms in total. The molecule has 0 aromatic heterocycles. The normalized spacial score (nSPS) is 23.8. The Morgan fingerprint density at radius 2 is 1.94 bits per heavy atom. The number of ether oxygens (including phenoxy) is 1. The maximum atomic E-state index is 6.26. The average molecular weight is 218 g/mol. The Labute approximate surface area is 98.8 Å². The SMILES string of the molecule is CCC1(C)CCc2c(C)cc(C)c(C)c2O1. The van der Waals surface area contributed by atoms with Crippen molar-refractivity contribution in [1.29, 1.82) is 0 Å². The van der Waals surface area contributed by atoms with Crippen molar-refractivity contribution in [3.05, 3.63) is 28.3 Å². The lowest BCUT2D eigenvalue weighted by molar-refractivity contribution is 0.0600. The predicted molar refractivity (Wildman–Crippen MR) is 68.3 cm³/mol. The summed E-state index contributed by atoms with van der Waals surface area (Å²) in [6.45, 7) is 11.0. The van der Waals surface area contributed by atoms with Crippen molar-refractivity contribution in [2.75, 3.05) is 0 Å². The number of hydrogen-bond acceptors (Lipinski definition) is 1. The van der Waals surface area contributed by atoms with E-state index in [1.807, 2.05) is 0 Å². The van der Waals surface area contributed by atoms with Gasteiger partial charge in [0.1, 0.15) is 11.4 Å². The first-order chi connectivity index (χ1) is 7.47. The summed E-state index contributed by atoms with van der Waals surface area (Å²) in [5, 5.41) is 0. The standard InChI is InChI=1S/C15H22O/c1-6-15(5)8-7-13-11(3)9-10(2)12(4)14(13)16-15/h9H,6-8H2,1-5H3. The van der Waals surface area contributed by atoms with Gasteiger partial charge in [0, 0.05) is 0 Å². The molecule has 1 aliphatic rings. The molecule has 1 unspecified atom stereocenters. The van der Waals surface area contributed by atoms with Crippen LogP contribution in [0.4, 0.5) is 0 Å². The second-order valence-electron chi connectivity index (χ2n) is 5.35. The maximum Gasteiger partial charge on any atom is 0.126 e. The molecule has 0 radical (unpaired) electrons. The molecule has 0 N–H and O–H groups in total. The van der Waals surface area contributed by atoms with Crippen molar-refractivity contribution < 1.29 is 4.74 Å². The Kier molecular flexibility index (Phi) is 2.73. The third-order valence-corrected chi connectivity index (χ3v) is 4.12. The van der Waals surface area contributed by atoms with E-state index in [4.69, 9.17) is 4.74 Å². The predicted octanol–water partition coefficient (Wildman–Crippen LogP) is 4.11. The van der Waals surface area contributed by atoms with E-state index in [1.165, 1.54) is 22.3 Å². The molecule has 2 rings (SSSR count). The van der Waals surface area contributed by atoms with Crippen molar-refractivity contribution in [3.8, 4) is 5.75 Å². The van der Waals surface area contributed by atoms with Crippen LogP contribution in [0.3, 0.4) is 0 Å². The van der Waals surface area contributed by atoms with Gasteiger partial charge in [-0.25, -0.2) is 0 Å². The third kappa shape index (κ3) is 1.73. The van der Waals surface area contributed by atoms with Gasteiger partial charge >= 0.3 is 0 Å². The molecular weight excluding hydrogens is 196 g/mol. The molecule has 1 aromatic carbocycles. The van der Waals surface area contributed by atoms with Crippen LogP contribution in [0, 0.1) is 20.8 Å². The summed E-state index contributed by atoms with van der Waals surface area (Å²) >= 11 is 0. The Bertz CT molecular complexity index is 420. The van der Waals surface area contributed by atoms with Crippen LogP contribution in [-0.4, -0.2) is 5.60 Å². The quantitative estimate of drug-likeness (QED) is 0.689. The van der Waals surface area contributed by atoms with Gasteiger partial charge in [0.25, 0.3) is 0 Å². The number of rotatable bonds is 1. The molecule has 1 aliphatic heterocycles. The molecule has 1 aromatic rings. The topological polar surface area (TPSA) is 9.23 Å². The van der Waals surface area contributed by atoms with Crippen molar-refractivity contribution in [1.82, 2.24) is 0 Å². The summed E-state index contributed by atoms with van der Waals surface area (Å²) in [5.74, 6) is 1.16. The van der Waals surface area contributed by atoms with Crippen LogP contribution in [0.1, 0.15) is 48.9 Å². The van der Waals surface area contributed by atoms with Crippen molar-refractivity contribution in [2.24, 2.45) is 0 Å². The molecule has 1 atom stereocenters. The zero-order valence-electron chi connectivity index (χ0n) is 11.1. The van der Waals surface area contributed by atoms with E-state index in [2.05, 4.69) is 40.7 Å². The van der Waals surface area contributed by atoms with E-state index in [0.717, 1.165) is 25.0 Å². The number of hydrogen-bond donors (Lipinski definition) is 0. The van der Waals surface area contributed by atoms with E-state index in [-0.39, 0.29) is 5.60 Å². The lowest BCUT2D eigenvalue weighted by Gasteiger charge is -2.37. The highest BCUT2D eigenvalue weighted by atomic mass is 16.5. The second-order valence-corrected chi connectivity index (χ2v) is 5.35. The molecule has 0 bridgehead atoms. The second kappa shape index (κ2) is 3.80. The van der Waals surface area contributed by atoms with Gasteiger partial charge in [-0.1, -0.05) is 13.0 Å². The number of benzene rings is 1. The van der Waals surface area contributed by atoms with E-state index in [0.29, 0.717) is 0 Å². The Morgan fingerprint density at radius 3 is 2.56 bits per heavy atom. The Balaban J connectivity index is 2.52. The summed E-state index contributed by atoms with van der Waals surface area (Å²) in [6.07, 6.45) is 3.38. The highest BCUT2D eigenvalue weighted by Crippen LogP contribution is 2.39. The molecule has 0 fully saturated rings. The fourth-order valence-electron chi connectivity index (χ4n) is 2.49. The van der Waals surface area contributed by atoms with E-state index in [1.54, 1.807) is 0 Å². The fraction of sp³-hybridized carbons (Fsp3) is 0.600.